The van der Waals surface area contributed by atoms with Gasteiger partial charge in [-0.2, -0.15) is 5.10 Å². The van der Waals surface area contributed by atoms with Gasteiger partial charge in [-0.1, -0.05) is 0 Å². The van der Waals surface area contributed by atoms with E-state index in [0.29, 0.717) is 0 Å². The molecule has 0 unspecified atom stereocenters. The highest BCUT2D eigenvalue weighted by molar-refractivity contribution is 5.08. The van der Waals surface area contributed by atoms with Crippen LogP contribution in [0.1, 0.15) is 17.8 Å². The summed E-state index contributed by atoms with van der Waals surface area (Å²) in [6, 6.07) is 2.15. The van der Waals surface area contributed by atoms with Crippen LogP contribution in [0.2, 0.25) is 0 Å². The fourth-order valence-corrected chi connectivity index (χ4v) is 1.69. The summed E-state index contributed by atoms with van der Waals surface area (Å²) in [7, 11) is 6.15. The molecule has 1 rings (SSSR count). The number of aryl methyl sites for hydroxylation is 2. The fourth-order valence-electron chi connectivity index (χ4n) is 1.69. The van der Waals surface area contributed by atoms with E-state index < -0.39 is 0 Å². The molecule has 1 aromatic heterocycles. The third kappa shape index (κ3) is 4.01. The molecule has 0 spiro atoms. The van der Waals surface area contributed by atoms with Crippen molar-refractivity contribution in [2.45, 2.75) is 19.9 Å². The van der Waals surface area contributed by atoms with Gasteiger partial charge < -0.3 is 10.2 Å². The first-order chi connectivity index (χ1) is 7.13. The van der Waals surface area contributed by atoms with Gasteiger partial charge in [0.1, 0.15) is 0 Å². The number of nitrogens with one attached hydrogen (secondary N) is 1. The van der Waals surface area contributed by atoms with Crippen LogP contribution < -0.4 is 5.32 Å². The van der Waals surface area contributed by atoms with Gasteiger partial charge in [0.05, 0.1) is 11.4 Å². The zero-order valence-corrected chi connectivity index (χ0v) is 10.2. The van der Waals surface area contributed by atoms with E-state index in [1.165, 1.54) is 12.1 Å². The van der Waals surface area contributed by atoms with Gasteiger partial charge in [-0.25, -0.2) is 0 Å². The average Bonchev–Trinajstić information content (AvgIpc) is 2.45. The summed E-state index contributed by atoms with van der Waals surface area (Å²) >= 11 is 0. The number of aromatic nitrogens is 2. The Balaban J connectivity index is 2.37. The SMILES string of the molecule is CNCCCN(C)Cc1cc(C)nn1C. The molecule has 0 radical (unpaired) electrons. The van der Waals surface area contributed by atoms with Gasteiger partial charge in [-0.15, -0.1) is 0 Å². The van der Waals surface area contributed by atoms with E-state index in [1.54, 1.807) is 0 Å². The number of rotatable bonds is 6. The second kappa shape index (κ2) is 5.88. The van der Waals surface area contributed by atoms with Gasteiger partial charge in [0.25, 0.3) is 0 Å². The number of nitrogens with zero attached hydrogens (tertiary/aromatic N) is 3. The van der Waals surface area contributed by atoms with E-state index in [1.807, 2.05) is 25.7 Å². The summed E-state index contributed by atoms with van der Waals surface area (Å²) in [5.74, 6) is 0. The van der Waals surface area contributed by atoms with Gasteiger partial charge in [0.15, 0.2) is 0 Å². The maximum Gasteiger partial charge on any atom is 0.0597 e. The van der Waals surface area contributed by atoms with Gasteiger partial charge in [0, 0.05) is 13.6 Å². The molecule has 0 atom stereocenters. The molecule has 0 aliphatic heterocycles. The molecule has 0 amide bonds. The van der Waals surface area contributed by atoms with Gasteiger partial charge in [-0.05, 0) is 46.6 Å². The molecule has 0 saturated heterocycles. The molecule has 0 aliphatic rings. The summed E-state index contributed by atoms with van der Waals surface area (Å²) in [6.45, 7) is 5.20. The predicted molar refractivity (Wildman–Crippen MR) is 62.8 cm³/mol. The normalized spacial score (nSPS) is 11.3. The van der Waals surface area contributed by atoms with Crippen LogP contribution in [-0.4, -0.2) is 41.9 Å². The van der Waals surface area contributed by atoms with Crippen molar-refractivity contribution < 1.29 is 0 Å². The van der Waals surface area contributed by atoms with E-state index in [4.69, 9.17) is 0 Å². The van der Waals surface area contributed by atoms with Crippen LogP contribution in [-0.2, 0) is 13.6 Å². The minimum absolute atomic E-state index is 0.973. The molecule has 0 fully saturated rings. The van der Waals surface area contributed by atoms with Crippen molar-refractivity contribution in [1.29, 1.82) is 0 Å². The summed E-state index contributed by atoms with van der Waals surface area (Å²) in [4.78, 5) is 2.33. The Kier molecular flexibility index (Phi) is 4.78. The van der Waals surface area contributed by atoms with Crippen molar-refractivity contribution >= 4 is 0 Å². The van der Waals surface area contributed by atoms with Gasteiger partial charge in [0.2, 0.25) is 0 Å². The molecule has 15 heavy (non-hydrogen) atoms. The summed E-state index contributed by atoms with van der Waals surface area (Å²) < 4.78 is 1.96. The second-order valence-electron chi connectivity index (χ2n) is 4.10. The van der Waals surface area contributed by atoms with E-state index in [0.717, 1.165) is 25.3 Å². The highest BCUT2D eigenvalue weighted by Crippen LogP contribution is 2.04. The zero-order chi connectivity index (χ0) is 11.3. The zero-order valence-electron chi connectivity index (χ0n) is 10.2. The van der Waals surface area contributed by atoms with E-state index in [2.05, 4.69) is 28.4 Å². The van der Waals surface area contributed by atoms with Crippen LogP contribution in [0.4, 0.5) is 0 Å². The average molecular weight is 210 g/mol. The minimum atomic E-state index is 0.973. The van der Waals surface area contributed by atoms with Crippen molar-refractivity contribution in [1.82, 2.24) is 20.0 Å². The Morgan fingerprint density at radius 2 is 2.27 bits per heavy atom. The molecule has 4 nitrogen and oxygen atoms in total. The lowest BCUT2D eigenvalue weighted by Gasteiger charge is -2.16. The molecule has 1 aromatic rings. The van der Waals surface area contributed by atoms with Crippen LogP contribution in [0.15, 0.2) is 6.07 Å². The minimum Gasteiger partial charge on any atom is -0.320 e. The van der Waals surface area contributed by atoms with Crippen LogP contribution in [0.5, 0.6) is 0 Å². The van der Waals surface area contributed by atoms with Crippen molar-refractivity contribution in [3.05, 3.63) is 17.5 Å². The molecule has 1 N–H and O–H groups in total. The van der Waals surface area contributed by atoms with Crippen molar-refractivity contribution in [3.63, 3.8) is 0 Å². The Morgan fingerprint density at radius 1 is 1.53 bits per heavy atom. The molecule has 1 heterocycles. The van der Waals surface area contributed by atoms with Crippen LogP contribution in [0, 0.1) is 6.92 Å². The van der Waals surface area contributed by atoms with E-state index in [9.17, 15) is 0 Å². The number of hydrogen-bond acceptors (Lipinski definition) is 3. The smallest absolute Gasteiger partial charge is 0.0597 e. The van der Waals surface area contributed by atoms with E-state index in [-0.39, 0.29) is 0 Å². The maximum atomic E-state index is 4.34. The Labute approximate surface area is 92.3 Å². The number of hydrogen-bond donors (Lipinski definition) is 1. The predicted octanol–water partition coefficient (Wildman–Crippen LogP) is 0.770. The molecule has 0 aromatic carbocycles. The molecular weight excluding hydrogens is 188 g/mol. The van der Waals surface area contributed by atoms with Crippen molar-refractivity contribution in [2.24, 2.45) is 7.05 Å². The quantitative estimate of drug-likeness (QED) is 0.704. The molecule has 0 bridgehead atoms. The van der Waals surface area contributed by atoms with Crippen LogP contribution >= 0.6 is 0 Å². The maximum absolute atomic E-state index is 4.34. The van der Waals surface area contributed by atoms with Gasteiger partial charge >= 0.3 is 0 Å². The molecule has 0 aliphatic carbocycles. The summed E-state index contributed by atoms with van der Waals surface area (Å²) in [6.07, 6.45) is 1.18. The first-order valence-corrected chi connectivity index (χ1v) is 5.46. The highest BCUT2D eigenvalue weighted by Gasteiger charge is 2.05. The van der Waals surface area contributed by atoms with E-state index >= 15 is 0 Å². The third-order valence-electron chi connectivity index (χ3n) is 2.50. The standard InChI is InChI=1S/C11H22N4/c1-10-8-11(15(4)13-10)9-14(3)7-5-6-12-2/h8,12H,5-7,9H2,1-4H3. The fraction of sp³-hybridized carbons (Fsp3) is 0.727. The lowest BCUT2D eigenvalue weighted by molar-refractivity contribution is 0.312. The largest absolute Gasteiger partial charge is 0.320 e. The van der Waals surface area contributed by atoms with Crippen LogP contribution in [0.3, 0.4) is 0 Å². The summed E-state index contributed by atoms with van der Waals surface area (Å²) in [5, 5.41) is 7.50. The third-order valence-corrected chi connectivity index (χ3v) is 2.50. The second-order valence-corrected chi connectivity index (χ2v) is 4.10. The monoisotopic (exact) mass is 210 g/mol. The summed E-state index contributed by atoms with van der Waals surface area (Å²) in [5.41, 5.74) is 2.37. The molecular formula is C11H22N4. The Morgan fingerprint density at radius 3 is 2.80 bits per heavy atom. The van der Waals surface area contributed by atoms with Crippen molar-refractivity contribution in [3.8, 4) is 0 Å². The van der Waals surface area contributed by atoms with Crippen LogP contribution in [0.25, 0.3) is 0 Å². The molecule has 0 saturated carbocycles. The lowest BCUT2D eigenvalue weighted by atomic mass is 10.3. The highest BCUT2D eigenvalue weighted by atomic mass is 15.3. The Bertz CT molecular complexity index is 293. The Hall–Kier alpha value is -0.870. The topological polar surface area (TPSA) is 33.1 Å². The molecule has 4 heteroatoms. The molecule has 86 valence electrons. The van der Waals surface area contributed by atoms with Crippen molar-refractivity contribution in [2.75, 3.05) is 27.2 Å². The van der Waals surface area contributed by atoms with Gasteiger partial charge in [-0.3, -0.25) is 4.68 Å². The first-order valence-electron chi connectivity index (χ1n) is 5.46. The first kappa shape index (κ1) is 12.2. The lowest BCUT2D eigenvalue weighted by Crippen LogP contribution is -2.23.